The van der Waals surface area contributed by atoms with Crippen LogP contribution in [0, 0.1) is 11.8 Å². The lowest BCUT2D eigenvalue weighted by Gasteiger charge is -2.40. The van der Waals surface area contributed by atoms with Gasteiger partial charge in [0, 0.05) is 6.42 Å². The van der Waals surface area contributed by atoms with Crippen LogP contribution in [0.5, 0.6) is 0 Å². The molecule has 0 amide bonds. The van der Waals surface area contributed by atoms with Gasteiger partial charge in [0.1, 0.15) is 5.92 Å². The average Bonchev–Trinajstić information content (AvgIpc) is 2.67. The molecule has 1 nitrogen and oxygen atoms in total. The van der Waals surface area contributed by atoms with Crippen molar-refractivity contribution in [2.24, 2.45) is 11.8 Å². The fraction of sp³-hybridized carbons (Fsp3) is 0.739. The maximum Gasteiger partial charge on any atom is 0.397 e. The number of hydrogen-bond donors (Lipinski definition) is 0. The van der Waals surface area contributed by atoms with Crippen LogP contribution >= 0.6 is 0 Å². The molecule has 3 rings (SSSR count). The van der Waals surface area contributed by atoms with Crippen LogP contribution in [0.3, 0.4) is 0 Å². The first kappa shape index (κ1) is 24.3. The topological polar surface area (TPSA) is 9.23 Å². The van der Waals surface area contributed by atoms with E-state index in [1.54, 1.807) is 0 Å². The van der Waals surface area contributed by atoms with Crippen LogP contribution in [0.2, 0.25) is 0 Å². The van der Waals surface area contributed by atoms with Crippen molar-refractivity contribution in [1.29, 1.82) is 0 Å². The molecule has 0 heterocycles. The quantitative estimate of drug-likeness (QED) is 0.397. The molecule has 0 radical (unpaired) electrons. The summed E-state index contributed by atoms with van der Waals surface area (Å²) in [6, 6.07) is 8.18. The molecule has 1 aromatic rings. The molecule has 0 N–H and O–H groups in total. The minimum absolute atomic E-state index is 0.161. The summed E-state index contributed by atoms with van der Waals surface area (Å²) in [4.78, 5) is 0. The van der Waals surface area contributed by atoms with Crippen LogP contribution in [-0.2, 0) is 11.2 Å². The lowest BCUT2D eigenvalue weighted by atomic mass is 9.78. The molecular formula is C23H29F7O. The van der Waals surface area contributed by atoms with Gasteiger partial charge in [0.15, 0.2) is 0 Å². The number of benzene rings is 1. The van der Waals surface area contributed by atoms with E-state index in [1.165, 1.54) is 5.56 Å². The first-order chi connectivity index (χ1) is 14.4. The smallest absolute Gasteiger partial charge is 0.317 e. The van der Waals surface area contributed by atoms with E-state index in [-0.39, 0.29) is 18.8 Å². The molecule has 0 aromatic heterocycles. The van der Waals surface area contributed by atoms with Gasteiger partial charge in [0.2, 0.25) is 0 Å². The maximum atomic E-state index is 14.7. The zero-order valence-corrected chi connectivity index (χ0v) is 17.5. The summed E-state index contributed by atoms with van der Waals surface area (Å²) < 4.78 is 100. The SMILES string of the molecule is CCCc1ccc(C2CCC(C(F)(F)OC3CCC(C(F)(F)F)C(F)(F)C3)CC2)cc1. The van der Waals surface area contributed by atoms with E-state index in [4.69, 9.17) is 4.74 Å². The van der Waals surface area contributed by atoms with Crippen LogP contribution in [0.25, 0.3) is 0 Å². The molecule has 2 fully saturated rings. The van der Waals surface area contributed by atoms with E-state index in [2.05, 4.69) is 19.1 Å². The molecule has 1 aromatic carbocycles. The molecule has 8 heteroatoms. The third kappa shape index (κ3) is 5.93. The van der Waals surface area contributed by atoms with Gasteiger partial charge in [-0.05, 0) is 62.0 Å². The molecule has 0 aliphatic heterocycles. The predicted molar refractivity (Wildman–Crippen MR) is 103 cm³/mol. The highest BCUT2D eigenvalue weighted by atomic mass is 19.4. The van der Waals surface area contributed by atoms with Crippen molar-refractivity contribution in [3.05, 3.63) is 35.4 Å². The van der Waals surface area contributed by atoms with Gasteiger partial charge in [-0.25, -0.2) is 8.78 Å². The molecule has 0 bridgehead atoms. The highest BCUT2D eigenvalue weighted by Gasteiger charge is 2.59. The van der Waals surface area contributed by atoms with Gasteiger partial charge in [-0.2, -0.15) is 22.0 Å². The van der Waals surface area contributed by atoms with Gasteiger partial charge >= 0.3 is 12.3 Å². The third-order valence-electron chi connectivity index (χ3n) is 6.70. The Morgan fingerprint density at radius 1 is 0.903 bits per heavy atom. The lowest BCUT2D eigenvalue weighted by molar-refractivity contribution is -0.322. The number of aryl methyl sites for hydroxylation is 1. The molecular weight excluding hydrogens is 425 g/mol. The summed E-state index contributed by atoms with van der Waals surface area (Å²) in [5, 5.41) is 0. The summed E-state index contributed by atoms with van der Waals surface area (Å²) in [5.41, 5.74) is 2.34. The largest absolute Gasteiger partial charge is 0.397 e. The Kier molecular flexibility index (Phi) is 7.28. The standard InChI is InChI=1S/C23H29F7O/c1-2-3-15-4-6-16(7-5-15)17-8-10-18(11-9-17)23(29,30)31-19-12-13-20(22(26,27)28)21(24,25)14-19/h4-7,17-20H,2-3,8-14H2,1H3. The minimum atomic E-state index is -5.05. The van der Waals surface area contributed by atoms with Crippen LogP contribution in [-0.4, -0.2) is 24.3 Å². The predicted octanol–water partition coefficient (Wildman–Crippen LogP) is 7.89. The lowest BCUT2D eigenvalue weighted by Crippen LogP contribution is -2.48. The summed E-state index contributed by atoms with van der Waals surface area (Å²) in [6.45, 7) is 2.10. The van der Waals surface area contributed by atoms with Crippen LogP contribution in [0.4, 0.5) is 30.7 Å². The second-order valence-electron chi connectivity index (χ2n) is 8.98. The fourth-order valence-corrected chi connectivity index (χ4v) is 4.94. The fourth-order valence-electron chi connectivity index (χ4n) is 4.94. The number of ether oxygens (including phenoxy) is 1. The van der Waals surface area contributed by atoms with Gasteiger partial charge in [0.25, 0.3) is 5.92 Å². The van der Waals surface area contributed by atoms with Gasteiger partial charge in [-0.3, -0.25) is 0 Å². The minimum Gasteiger partial charge on any atom is -0.317 e. The van der Waals surface area contributed by atoms with Crippen molar-refractivity contribution in [2.45, 2.75) is 94.9 Å². The molecule has 31 heavy (non-hydrogen) atoms. The van der Waals surface area contributed by atoms with E-state index in [0.29, 0.717) is 12.8 Å². The molecule has 176 valence electrons. The Bertz CT molecular complexity index is 706. The Balaban J connectivity index is 1.54. The van der Waals surface area contributed by atoms with Crippen molar-refractivity contribution in [1.82, 2.24) is 0 Å². The van der Waals surface area contributed by atoms with Gasteiger partial charge < -0.3 is 4.74 Å². The monoisotopic (exact) mass is 454 g/mol. The van der Waals surface area contributed by atoms with Gasteiger partial charge in [-0.1, -0.05) is 37.6 Å². The second-order valence-corrected chi connectivity index (χ2v) is 8.98. The Hall–Kier alpha value is -1.31. The van der Waals surface area contributed by atoms with Crippen molar-refractivity contribution < 1.29 is 35.5 Å². The van der Waals surface area contributed by atoms with E-state index < -0.39 is 55.4 Å². The summed E-state index contributed by atoms with van der Waals surface area (Å²) in [5.74, 6) is -7.85. The van der Waals surface area contributed by atoms with Crippen molar-refractivity contribution in [2.75, 3.05) is 0 Å². The van der Waals surface area contributed by atoms with Gasteiger partial charge in [0.05, 0.1) is 12.0 Å². The maximum absolute atomic E-state index is 14.7. The van der Waals surface area contributed by atoms with E-state index in [1.807, 2.05) is 12.1 Å². The molecule has 2 atom stereocenters. The first-order valence-corrected chi connectivity index (χ1v) is 11.0. The Morgan fingerprint density at radius 3 is 2.03 bits per heavy atom. The van der Waals surface area contributed by atoms with Crippen molar-refractivity contribution >= 4 is 0 Å². The molecule has 0 saturated heterocycles. The highest BCUT2D eigenvalue weighted by molar-refractivity contribution is 5.26. The zero-order chi connectivity index (χ0) is 22.9. The van der Waals surface area contributed by atoms with E-state index in [9.17, 15) is 30.7 Å². The first-order valence-electron chi connectivity index (χ1n) is 11.0. The van der Waals surface area contributed by atoms with E-state index >= 15 is 0 Å². The summed E-state index contributed by atoms with van der Waals surface area (Å²) >= 11 is 0. The molecule has 0 spiro atoms. The zero-order valence-electron chi connectivity index (χ0n) is 17.5. The number of halogens is 7. The highest BCUT2D eigenvalue weighted by Crippen LogP contribution is 2.50. The van der Waals surface area contributed by atoms with Crippen LogP contribution in [0.1, 0.15) is 75.3 Å². The summed E-state index contributed by atoms with van der Waals surface area (Å²) in [6.07, 6.45) is -9.46. The number of rotatable bonds is 6. The van der Waals surface area contributed by atoms with Crippen LogP contribution in [0.15, 0.2) is 24.3 Å². The number of hydrogen-bond acceptors (Lipinski definition) is 1. The average molecular weight is 454 g/mol. The Labute approximate surface area is 178 Å². The molecule has 2 aliphatic carbocycles. The summed E-state index contributed by atoms with van der Waals surface area (Å²) in [7, 11) is 0. The number of alkyl halides is 7. The Morgan fingerprint density at radius 2 is 1.52 bits per heavy atom. The normalized spacial score (nSPS) is 29.7. The van der Waals surface area contributed by atoms with Gasteiger partial charge in [-0.15, -0.1) is 0 Å². The van der Waals surface area contributed by atoms with E-state index in [0.717, 1.165) is 18.4 Å². The third-order valence-corrected chi connectivity index (χ3v) is 6.70. The van der Waals surface area contributed by atoms with Crippen LogP contribution < -0.4 is 0 Å². The second kappa shape index (κ2) is 9.28. The van der Waals surface area contributed by atoms with Crippen molar-refractivity contribution in [3.8, 4) is 0 Å². The van der Waals surface area contributed by atoms with Crippen molar-refractivity contribution in [3.63, 3.8) is 0 Å². The molecule has 2 aliphatic rings. The molecule has 2 unspecified atom stereocenters. The molecule has 2 saturated carbocycles.